The molecule has 3 aromatic rings. The summed E-state index contributed by atoms with van der Waals surface area (Å²) in [5.41, 5.74) is 1.42. The van der Waals surface area contributed by atoms with Crippen molar-refractivity contribution in [2.45, 2.75) is 23.6 Å². The Hall–Kier alpha value is -2.73. The van der Waals surface area contributed by atoms with Crippen LogP contribution in [0.25, 0.3) is 5.69 Å². The maximum atomic E-state index is 13.1. The van der Waals surface area contributed by atoms with Crippen LogP contribution in [0, 0.1) is 12.7 Å². The van der Waals surface area contributed by atoms with E-state index < -0.39 is 0 Å². The molecule has 0 bridgehead atoms. The van der Waals surface area contributed by atoms with E-state index in [1.807, 2.05) is 0 Å². The van der Waals surface area contributed by atoms with Crippen molar-refractivity contribution in [3.63, 3.8) is 0 Å². The summed E-state index contributed by atoms with van der Waals surface area (Å²) in [6.07, 6.45) is 4.72. The fourth-order valence-corrected chi connectivity index (χ4v) is 3.42. The molecule has 126 valence electrons. The van der Waals surface area contributed by atoms with Gasteiger partial charge in [0.25, 0.3) is 5.56 Å². The minimum Gasteiger partial charge on any atom is -0.294 e. The van der Waals surface area contributed by atoms with E-state index in [4.69, 9.17) is 0 Å². The summed E-state index contributed by atoms with van der Waals surface area (Å²) in [5.74, 6) is -0.470. The molecular weight excluding hydrogens is 339 g/mol. The number of halogens is 1. The lowest BCUT2D eigenvalue weighted by molar-refractivity contribution is 0.101. The van der Waals surface area contributed by atoms with Gasteiger partial charge >= 0.3 is 0 Å². The molecule has 0 atom stereocenters. The highest BCUT2D eigenvalue weighted by molar-refractivity contribution is 7.99. The number of Topliss-reactive ketones (excluding diaryl/α,β-unsaturated/α-hetero) is 1. The SMILES string of the molecule is CC(=O)c1cn(-c2cccnc2)c(=O)c(Sc2ccc(F)cc2)c1C. The van der Waals surface area contributed by atoms with Gasteiger partial charge < -0.3 is 0 Å². The standard InChI is InChI=1S/C19H15FN2O2S/c1-12-17(13(2)23)11-22(15-4-3-9-21-10-15)19(24)18(12)25-16-7-5-14(20)6-8-16/h3-11H,1-2H3. The van der Waals surface area contributed by atoms with Crippen molar-refractivity contribution in [2.24, 2.45) is 0 Å². The zero-order valence-corrected chi connectivity index (χ0v) is 14.5. The average Bonchev–Trinajstić information content (AvgIpc) is 2.61. The van der Waals surface area contributed by atoms with Crippen LogP contribution >= 0.6 is 11.8 Å². The van der Waals surface area contributed by atoms with Crippen molar-refractivity contribution in [1.82, 2.24) is 9.55 Å². The van der Waals surface area contributed by atoms with E-state index in [1.54, 1.807) is 49.8 Å². The first-order valence-electron chi connectivity index (χ1n) is 7.58. The molecule has 0 N–H and O–H groups in total. The lowest BCUT2D eigenvalue weighted by Crippen LogP contribution is -2.23. The second kappa shape index (κ2) is 7.03. The molecule has 0 aliphatic carbocycles. The molecule has 4 nitrogen and oxygen atoms in total. The number of carbonyl (C=O) groups excluding carboxylic acids is 1. The smallest absolute Gasteiger partial charge is 0.269 e. The summed E-state index contributed by atoms with van der Waals surface area (Å²) in [7, 11) is 0. The van der Waals surface area contributed by atoms with Gasteiger partial charge in [0.1, 0.15) is 5.82 Å². The first kappa shape index (κ1) is 17.1. The van der Waals surface area contributed by atoms with Crippen LogP contribution in [0.2, 0.25) is 0 Å². The van der Waals surface area contributed by atoms with E-state index in [-0.39, 0.29) is 17.2 Å². The van der Waals surface area contributed by atoms with Crippen molar-refractivity contribution in [3.05, 3.63) is 82.3 Å². The first-order chi connectivity index (χ1) is 12.0. The van der Waals surface area contributed by atoms with Crippen LogP contribution < -0.4 is 5.56 Å². The summed E-state index contributed by atoms with van der Waals surface area (Å²) >= 11 is 1.22. The number of pyridine rings is 2. The maximum Gasteiger partial charge on any atom is 0.269 e. The van der Waals surface area contributed by atoms with Gasteiger partial charge in [-0.15, -0.1) is 0 Å². The second-order valence-electron chi connectivity index (χ2n) is 5.50. The Morgan fingerprint density at radius 3 is 2.52 bits per heavy atom. The number of benzene rings is 1. The molecule has 3 rings (SSSR count). The molecule has 6 heteroatoms. The zero-order chi connectivity index (χ0) is 18.0. The lowest BCUT2D eigenvalue weighted by atomic mass is 10.1. The Morgan fingerprint density at radius 1 is 1.20 bits per heavy atom. The Kier molecular flexibility index (Phi) is 4.81. The molecule has 0 amide bonds. The van der Waals surface area contributed by atoms with Crippen LogP contribution in [0.4, 0.5) is 4.39 Å². The van der Waals surface area contributed by atoms with Gasteiger partial charge in [-0.05, 0) is 55.8 Å². The van der Waals surface area contributed by atoms with Gasteiger partial charge in [-0.2, -0.15) is 0 Å². The average molecular weight is 354 g/mol. The molecule has 1 aromatic carbocycles. The van der Waals surface area contributed by atoms with E-state index in [0.29, 0.717) is 21.7 Å². The van der Waals surface area contributed by atoms with Gasteiger partial charge in [0, 0.05) is 22.9 Å². The topological polar surface area (TPSA) is 52.0 Å². The molecule has 2 aromatic heterocycles. The van der Waals surface area contributed by atoms with Crippen LogP contribution in [-0.4, -0.2) is 15.3 Å². The molecule has 0 unspecified atom stereocenters. The van der Waals surface area contributed by atoms with Crippen molar-refractivity contribution in [3.8, 4) is 5.69 Å². The molecule has 0 spiro atoms. The number of aromatic nitrogens is 2. The number of hydrogen-bond donors (Lipinski definition) is 0. The van der Waals surface area contributed by atoms with Crippen molar-refractivity contribution in [1.29, 1.82) is 0 Å². The quantitative estimate of drug-likeness (QED) is 0.664. The minimum absolute atomic E-state index is 0.129. The summed E-state index contributed by atoms with van der Waals surface area (Å²) in [5, 5.41) is 0. The second-order valence-corrected chi connectivity index (χ2v) is 6.58. The molecular formula is C19H15FN2O2S. The molecule has 25 heavy (non-hydrogen) atoms. The van der Waals surface area contributed by atoms with Crippen LogP contribution in [0.5, 0.6) is 0 Å². The minimum atomic E-state index is -0.341. The molecule has 0 aliphatic rings. The lowest BCUT2D eigenvalue weighted by Gasteiger charge is -2.14. The monoisotopic (exact) mass is 354 g/mol. The van der Waals surface area contributed by atoms with Crippen LogP contribution in [0.15, 0.2) is 69.6 Å². The predicted molar refractivity (Wildman–Crippen MR) is 95.1 cm³/mol. The molecule has 0 fully saturated rings. The summed E-state index contributed by atoms with van der Waals surface area (Å²) in [6, 6.07) is 9.36. The number of hydrogen-bond acceptors (Lipinski definition) is 4. The molecule has 0 aliphatic heterocycles. The van der Waals surface area contributed by atoms with E-state index in [1.165, 1.54) is 35.4 Å². The third kappa shape index (κ3) is 3.53. The normalized spacial score (nSPS) is 10.7. The molecule has 0 radical (unpaired) electrons. The summed E-state index contributed by atoms with van der Waals surface area (Å²) < 4.78 is 14.5. The van der Waals surface area contributed by atoms with E-state index in [0.717, 1.165) is 4.90 Å². The maximum absolute atomic E-state index is 13.1. The van der Waals surface area contributed by atoms with E-state index in [9.17, 15) is 14.0 Å². The summed E-state index contributed by atoms with van der Waals surface area (Å²) in [6.45, 7) is 3.21. The number of ketones is 1. The van der Waals surface area contributed by atoms with Crippen LogP contribution in [0.3, 0.4) is 0 Å². The van der Waals surface area contributed by atoms with Crippen LogP contribution in [-0.2, 0) is 0 Å². The van der Waals surface area contributed by atoms with Gasteiger partial charge in [0.15, 0.2) is 5.78 Å². The number of rotatable bonds is 4. The van der Waals surface area contributed by atoms with Crippen molar-refractivity contribution in [2.75, 3.05) is 0 Å². The van der Waals surface area contributed by atoms with Crippen LogP contribution in [0.1, 0.15) is 22.8 Å². The Morgan fingerprint density at radius 2 is 1.92 bits per heavy atom. The van der Waals surface area contributed by atoms with Gasteiger partial charge in [-0.25, -0.2) is 4.39 Å². The van der Waals surface area contributed by atoms with Gasteiger partial charge in [0.05, 0.1) is 16.8 Å². The number of carbonyl (C=O) groups is 1. The highest BCUT2D eigenvalue weighted by atomic mass is 32.2. The highest BCUT2D eigenvalue weighted by Crippen LogP contribution is 2.29. The van der Waals surface area contributed by atoms with E-state index in [2.05, 4.69) is 4.98 Å². The third-order valence-corrected chi connectivity index (χ3v) is 4.95. The zero-order valence-electron chi connectivity index (χ0n) is 13.7. The molecule has 0 saturated heterocycles. The van der Waals surface area contributed by atoms with Gasteiger partial charge in [-0.3, -0.25) is 19.1 Å². The molecule has 0 saturated carbocycles. The highest BCUT2D eigenvalue weighted by Gasteiger charge is 2.17. The van der Waals surface area contributed by atoms with Gasteiger partial charge in [-0.1, -0.05) is 11.8 Å². The fourth-order valence-electron chi connectivity index (χ4n) is 2.46. The Balaban J connectivity index is 2.19. The summed E-state index contributed by atoms with van der Waals surface area (Å²) in [4.78, 5) is 30.2. The first-order valence-corrected chi connectivity index (χ1v) is 8.40. The Bertz CT molecular complexity index is 983. The third-order valence-electron chi connectivity index (χ3n) is 3.75. The Labute approximate surface area is 148 Å². The largest absolute Gasteiger partial charge is 0.294 e. The predicted octanol–water partition coefficient (Wildman–Crippen LogP) is 4.03. The number of nitrogens with zero attached hydrogens (tertiary/aromatic N) is 2. The van der Waals surface area contributed by atoms with Crippen molar-refractivity contribution < 1.29 is 9.18 Å². The molecule has 2 heterocycles. The van der Waals surface area contributed by atoms with E-state index >= 15 is 0 Å². The van der Waals surface area contributed by atoms with Gasteiger partial charge in [0.2, 0.25) is 0 Å². The fraction of sp³-hybridized carbons (Fsp3) is 0.105. The van der Waals surface area contributed by atoms with Crippen molar-refractivity contribution >= 4 is 17.5 Å².